The minimum atomic E-state index is -0.544. The minimum absolute atomic E-state index is 0.121. The van der Waals surface area contributed by atoms with Gasteiger partial charge in [-0.3, -0.25) is 0 Å². The number of aliphatic hydroxyl groups is 1. The van der Waals surface area contributed by atoms with Crippen molar-refractivity contribution in [3.05, 3.63) is 24.7 Å². The SMILES string of the molecule is C=CC(=O)OC=C(O)CCCCCCCCCC. The van der Waals surface area contributed by atoms with Gasteiger partial charge < -0.3 is 9.84 Å². The standard InChI is InChI=1S/C15H26O3/c1-3-5-6-7-8-9-10-11-12-14(16)13-18-15(17)4-2/h4,13,16H,2-3,5-12H2,1H3. The summed E-state index contributed by atoms with van der Waals surface area (Å²) in [5.74, 6) is -0.423. The van der Waals surface area contributed by atoms with Gasteiger partial charge in [-0.05, 0) is 6.42 Å². The predicted molar refractivity (Wildman–Crippen MR) is 74.2 cm³/mol. The molecule has 3 nitrogen and oxygen atoms in total. The summed E-state index contributed by atoms with van der Waals surface area (Å²) in [4.78, 5) is 10.7. The number of carbonyl (C=O) groups is 1. The van der Waals surface area contributed by atoms with Gasteiger partial charge in [-0.15, -0.1) is 0 Å². The van der Waals surface area contributed by atoms with E-state index in [1.807, 2.05) is 0 Å². The fraction of sp³-hybridized carbons (Fsp3) is 0.667. The van der Waals surface area contributed by atoms with Crippen molar-refractivity contribution in [1.29, 1.82) is 0 Å². The fourth-order valence-corrected chi connectivity index (χ4v) is 1.67. The van der Waals surface area contributed by atoms with Crippen molar-refractivity contribution in [2.24, 2.45) is 0 Å². The van der Waals surface area contributed by atoms with Gasteiger partial charge in [0.15, 0.2) is 0 Å². The fourth-order valence-electron chi connectivity index (χ4n) is 1.67. The molecule has 0 heterocycles. The molecule has 0 aromatic rings. The van der Waals surface area contributed by atoms with E-state index in [0.29, 0.717) is 6.42 Å². The van der Waals surface area contributed by atoms with Gasteiger partial charge in [0.25, 0.3) is 0 Å². The van der Waals surface area contributed by atoms with Crippen LogP contribution in [0.5, 0.6) is 0 Å². The molecule has 0 aromatic heterocycles. The zero-order chi connectivity index (χ0) is 13.6. The monoisotopic (exact) mass is 254 g/mol. The Morgan fingerprint density at radius 2 is 1.67 bits per heavy atom. The molecule has 0 aliphatic heterocycles. The van der Waals surface area contributed by atoms with Crippen LogP contribution < -0.4 is 0 Å². The van der Waals surface area contributed by atoms with Crippen molar-refractivity contribution in [3.63, 3.8) is 0 Å². The Bertz CT molecular complexity index is 256. The highest BCUT2D eigenvalue weighted by Gasteiger charge is 1.97. The first-order valence-corrected chi connectivity index (χ1v) is 6.91. The molecule has 0 fully saturated rings. The van der Waals surface area contributed by atoms with Gasteiger partial charge in [0.1, 0.15) is 12.0 Å². The zero-order valence-corrected chi connectivity index (χ0v) is 11.5. The van der Waals surface area contributed by atoms with Crippen molar-refractivity contribution < 1.29 is 14.6 Å². The number of rotatable bonds is 11. The molecule has 0 aliphatic rings. The number of unbranched alkanes of at least 4 members (excludes halogenated alkanes) is 7. The van der Waals surface area contributed by atoms with E-state index in [-0.39, 0.29) is 5.76 Å². The lowest BCUT2D eigenvalue weighted by molar-refractivity contribution is -0.132. The lowest BCUT2D eigenvalue weighted by Crippen LogP contribution is -1.94. The molecule has 0 radical (unpaired) electrons. The van der Waals surface area contributed by atoms with Gasteiger partial charge in [0.2, 0.25) is 0 Å². The van der Waals surface area contributed by atoms with Gasteiger partial charge in [0.05, 0.1) is 0 Å². The van der Waals surface area contributed by atoms with Gasteiger partial charge >= 0.3 is 5.97 Å². The number of ether oxygens (including phenoxy) is 1. The Hall–Kier alpha value is -1.25. The number of allylic oxidation sites excluding steroid dienone is 1. The number of carbonyl (C=O) groups excluding carboxylic acids is 1. The van der Waals surface area contributed by atoms with Crippen LogP contribution in [0.15, 0.2) is 24.7 Å². The van der Waals surface area contributed by atoms with Crippen LogP contribution in [0.2, 0.25) is 0 Å². The summed E-state index contributed by atoms with van der Waals surface area (Å²) in [7, 11) is 0. The molecule has 1 N–H and O–H groups in total. The van der Waals surface area contributed by atoms with E-state index in [0.717, 1.165) is 25.2 Å². The van der Waals surface area contributed by atoms with Crippen molar-refractivity contribution in [1.82, 2.24) is 0 Å². The summed E-state index contributed by atoms with van der Waals surface area (Å²) < 4.78 is 4.61. The normalized spacial score (nSPS) is 11.3. The smallest absolute Gasteiger partial charge is 0.335 e. The molecule has 0 amide bonds. The maximum absolute atomic E-state index is 10.7. The van der Waals surface area contributed by atoms with E-state index in [1.165, 1.54) is 38.5 Å². The van der Waals surface area contributed by atoms with Crippen LogP contribution >= 0.6 is 0 Å². The summed E-state index contributed by atoms with van der Waals surface area (Å²) in [5.41, 5.74) is 0. The average molecular weight is 254 g/mol. The molecule has 104 valence electrons. The molecule has 18 heavy (non-hydrogen) atoms. The van der Waals surface area contributed by atoms with Crippen LogP contribution in [0.1, 0.15) is 64.7 Å². The van der Waals surface area contributed by atoms with E-state index in [4.69, 9.17) is 0 Å². The number of aliphatic hydroxyl groups excluding tert-OH is 1. The molecule has 0 rings (SSSR count). The quantitative estimate of drug-likeness (QED) is 0.253. The molecular weight excluding hydrogens is 228 g/mol. The summed E-state index contributed by atoms with van der Waals surface area (Å²) in [5, 5.41) is 9.42. The largest absolute Gasteiger partial charge is 0.509 e. The van der Waals surface area contributed by atoms with Crippen LogP contribution in [0.25, 0.3) is 0 Å². The van der Waals surface area contributed by atoms with Crippen LogP contribution in [0, 0.1) is 0 Å². The van der Waals surface area contributed by atoms with Crippen LogP contribution in [-0.2, 0) is 9.53 Å². The molecule has 0 aromatic carbocycles. The Balaban J connectivity index is 3.37. The van der Waals surface area contributed by atoms with E-state index >= 15 is 0 Å². The first kappa shape index (κ1) is 16.8. The van der Waals surface area contributed by atoms with Gasteiger partial charge in [-0.25, -0.2) is 4.79 Å². The number of hydrogen-bond donors (Lipinski definition) is 1. The van der Waals surface area contributed by atoms with Crippen molar-refractivity contribution >= 4 is 5.97 Å². The molecule has 3 heteroatoms. The van der Waals surface area contributed by atoms with Crippen molar-refractivity contribution in [3.8, 4) is 0 Å². The van der Waals surface area contributed by atoms with E-state index < -0.39 is 5.97 Å². The summed E-state index contributed by atoms with van der Waals surface area (Å²) in [6.45, 7) is 5.49. The predicted octanol–water partition coefficient (Wildman–Crippen LogP) is 4.65. The third kappa shape index (κ3) is 11.2. The third-order valence-corrected chi connectivity index (χ3v) is 2.76. The Labute approximate surface area is 111 Å². The molecule has 0 spiro atoms. The maximum atomic E-state index is 10.7. The highest BCUT2D eigenvalue weighted by molar-refractivity contribution is 5.81. The van der Waals surface area contributed by atoms with E-state index in [1.54, 1.807) is 0 Å². The molecule has 0 bridgehead atoms. The van der Waals surface area contributed by atoms with Gasteiger partial charge in [-0.2, -0.15) is 0 Å². The highest BCUT2D eigenvalue weighted by atomic mass is 16.5. The molecule has 0 aliphatic carbocycles. The van der Waals surface area contributed by atoms with Crippen molar-refractivity contribution in [2.45, 2.75) is 64.7 Å². The lowest BCUT2D eigenvalue weighted by Gasteiger charge is -2.02. The molecule has 0 saturated heterocycles. The van der Waals surface area contributed by atoms with Crippen LogP contribution in [0.4, 0.5) is 0 Å². The minimum Gasteiger partial charge on any atom is -0.509 e. The van der Waals surface area contributed by atoms with Crippen molar-refractivity contribution in [2.75, 3.05) is 0 Å². The number of hydrogen-bond acceptors (Lipinski definition) is 3. The topological polar surface area (TPSA) is 46.5 Å². The first-order chi connectivity index (χ1) is 8.70. The molecule has 0 saturated carbocycles. The van der Waals surface area contributed by atoms with Gasteiger partial charge in [-0.1, -0.05) is 58.4 Å². The third-order valence-electron chi connectivity index (χ3n) is 2.76. The Kier molecular flexibility index (Phi) is 11.4. The van der Waals surface area contributed by atoms with Crippen LogP contribution in [0.3, 0.4) is 0 Å². The highest BCUT2D eigenvalue weighted by Crippen LogP contribution is 2.11. The average Bonchev–Trinajstić information content (AvgIpc) is 2.39. The second-order valence-corrected chi connectivity index (χ2v) is 4.48. The van der Waals surface area contributed by atoms with E-state index in [9.17, 15) is 9.90 Å². The number of esters is 1. The Morgan fingerprint density at radius 1 is 1.11 bits per heavy atom. The summed E-state index contributed by atoms with van der Waals surface area (Å²) in [6.07, 6.45) is 12.5. The molecule has 0 unspecified atom stereocenters. The maximum Gasteiger partial charge on any atom is 0.335 e. The zero-order valence-electron chi connectivity index (χ0n) is 11.5. The van der Waals surface area contributed by atoms with Crippen LogP contribution in [-0.4, -0.2) is 11.1 Å². The lowest BCUT2D eigenvalue weighted by atomic mass is 10.1. The van der Waals surface area contributed by atoms with Gasteiger partial charge in [0, 0.05) is 12.5 Å². The Morgan fingerprint density at radius 3 is 2.22 bits per heavy atom. The summed E-state index contributed by atoms with van der Waals surface area (Å²) >= 11 is 0. The second kappa shape index (κ2) is 12.2. The summed E-state index contributed by atoms with van der Waals surface area (Å²) in [6, 6.07) is 0. The molecule has 0 atom stereocenters. The molecular formula is C15H26O3. The van der Waals surface area contributed by atoms with E-state index in [2.05, 4.69) is 18.2 Å². The second-order valence-electron chi connectivity index (χ2n) is 4.48. The first-order valence-electron chi connectivity index (χ1n) is 6.91.